The molecule has 0 aromatic carbocycles. The Balaban J connectivity index is 1.40. The molecule has 1 aromatic heterocycles. The SMILES string of the molecule is Nc1nc(N2CCN(C(=O)[C@H]3CCCCN3C(=O)C3CC3)CC2)cc(=O)[nH]1. The average Bonchev–Trinajstić information content (AvgIpc) is 3.51. The van der Waals surface area contributed by atoms with Gasteiger partial charge in [-0.25, -0.2) is 0 Å². The maximum atomic E-state index is 13.1. The number of aromatic amines is 1. The van der Waals surface area contributed by atoms with Gasteiger partial charge in [0.2, 0.25) is 17.8 Å². The number of nitrogens with one attached hydrogen (secondary N) is 1. The topological polar surface area (TPSA) is 116 Å². The summed E-state index contributed by atoms with van der Waals surface area (Å²) in [6, 6.07) is 1.11. The van der Waals surface area contributed by atoms with Crippen molar-refractivity contribution < 1.29 is 9.59 Å². The number of hydrogen-bond acceptors (Lipinski definition) is 6. The molecule has 2 amide bonds. The number of piperidine rings is 1. The van der Waals surface area contributed by atoms with E-state index in [1.54, 1.807) is 0 Å². The van der Waals surface area contributed by atoms with Crippen LogP contribution in [-0.2, 0) is 9.59 Å². The maximum Gasteiger partial charge on any atom is 0.254 e. The fraction of sp³-hybridized carbons (Fsp3) is 0.667. The normalized spacial score (nSPS) is 23.4. The number of aromatic nitrogens is 2. The number of nitrogen functional groups attached to an aromatic ring is 1. The molecule has 2 aliphatic heterocycles. The molecule has 9 nitrogen and oxygen atoms in total. The number of rotatable bonds is 3. The van der Waals surface area contributed by atoms with Gasteiger partial charge < -0.3 is 20.4 Å². The lowest BCUT2D eigenvalue weighted by atomic mass is 9.99. The number of anilines is 2. The standard InChI is InChI=1S/C18H26N6O3/c19-18-20-14(11-15(25)21-18)22-7-9-23(10-8-22)17(27)13-3-1-2-6-24(13)16(26)12-4-5-12/h11-13H,1-10H2,(H3,19,20,21,25)/t13-/m1/s1. The highest BCUT2D eigenvalue weighted by Gasteiger charge is 2.41. The van der Waals surface area contributed by atoms with Crippen molar-refractivity contribution >= 4 is 23.6 Å². The van der Waals surface area contributed by atoms with E-state index in [0.29, 0.717) is 38.5 Å². The monoisotopic (exact) mass is 374 g/mol. The van der Waals surface area contributed by atoms with Crippen molar-refractivity contribution in [2.75, 3.05) is 43.4 Å². The Kier molecular flexibility index (Phi) is 4.75. The van der Waals surface area contributed by atoms with Crippen molar-refractivity contribution in [2.24, 2.45) is 5.92 Å². The molecular weight excluding hydrogens is 348 g/mol. The van der Waals surface area contributed by atoms with Crippen LogP contribution in [-0.4, -0.2) is 70.3 Å². The smallest absolute Gasteiger partial charge is 0.254 e. The molecule has 0 radical (unpaired) electrons. The highest BCUT2D eigenvalue weighted by Crippen LogP contribution is 2.33. The van der Waals surface area contributed by atoms with Crippen LogP contribution in [0.25, 0.3) is 0 Å². The summed E-state index contributed by atoms with van der Waals surface area (Å²) in [7, 11) is 0. The first kappa shape index (κ1) is 17.8. The van der Waals surface area contributed by atoms with E-state index >= 15 is 0 Å². The highest BCUT2D eigenvalue weighted by molar-refractivity contribution is 5.89. The summed E-state index contributed by atoms with van der Waals surface area (Å²) in [6.45, 7) is 2.97. The molecule has 1 aromatic rings. The van der Waals surface area contributed by atoms with Crippen molar-refractivity contribution in [3.8, 4) is 0 Å². The first-order chi connectivity index (χ1) is 13.0. The van der Waals surface area contributed by atoms with E-state index in [1.807, 2.05) is 14.7 Å². The summed E-state index contributed by atoms with van der Waals surface area (Å²) in [5.74, 6) is 0.985. The van der Waals surface area contributed by atoms with Crippen LogP contribution in [0.4, 0.5) is 11.8 Å². The van der Waals surface area contributed by atoms with Gasteiger partial charge in [0.15, 0.2) is 0 Å². The van der Waals surface area contributed by atoms with Gasteiger partial charge in [-0.1, -0.05) is 0 Å². The molecule has 3 fully saturated rings. The zero-order chi connectivity index (χ0) is 19.0. The van der Waals surface area contributed by atoms with Crippen LogP contribution in [0, 0.1) is 5.92 Å². The molecule has 3 heterocycles. The fourth-order valence-corrected chi connectivity index (χ4v) is 4.01. The summed E-state index contributed by atoms with van der Waals surface area (Å²) in [4.78, 5) is 49.5. The van der Waals surface area contributed by atoms with Crippen LogP contribution in [0.2, 0.25) is 0 Å². The molecule has 1 saturated carbocycles. The Morgan fingerprint density at radius 1 is 1.04 bits per heavy atom. The summed E-state index contributed by atoms with van der Waals surface area (Å²) < 4.78 is 0. The number of carbonyl (C=O) groups excluding carboxylic acids is 2. The van der Waals surface area contributed by atoms with Gasteiger partial charge in [-0.15, -0.1) is 0 Å². The van der Waals surface area contributed by atoms with Gasteiger partial charge in [0.1, 0.15) is 11.9 Å². The molecule has 4 rings (SSSR count). The van der Waals surface area contributed by atoms with Crippen LogP contribution < -0.4 is 16.2 Å². The van der Waals surface area contributed by atoms with E-state index in [-0.39, 0.29) is 35.3 Å². The molecule has 0 spiro atoms. The fourth-order valence-electron chi connectivity index (χ4n) is 4.01. The third-order valence-electron chi connectivity index (χ3n) is 5.66. The van der Waals surface area contributed by atoms with Gasteiger partial charge in [-0.2, -0.15) is 4.98 Å². The van der Waals surface area contributed by atoms with Crippen molar-refractivity contribution in [2.45, 2.75) is 38.1 Å². The Morgan fingerprint density at radius 3 is 2.44 bits per heavy atom. The summed E-state index contributed by atoms with van der Waals surface area (Å²) in [5.41, 5.74) is 5.33. The van der Waals surface area contributed by atoms with E-state index in [9.17, 15) is 14.4 Å². The molecule has 3 N–H and O–H groups in total. The predicted octanol–water partition coefficient (Wildman–Crippen LogP) is -0.208. The van der Waals surface area contributed by atoms with Crippen LogP contribution in [0.5, 0.6) is 0 Å². The Bertz CT molecular complexity index is 782. The molecule has 146 valence electrons. The highest BCUT2D eigenvalue weighted by atomic mass is 16.2. The van der Waals surface area contributed by atoms with Gasteiger partial charge in [-0.05, 0) is 32.1 Å². The number of nitrogens with two attached hydrogens (primary N) is 1. The average molecular weight is 374 g/mol. The van der Waals surface area contributed by atoms with Crippen LogP contribution >= 0.6 is 0 Å². The summed E-state index contributed by atoms with van der Waals surface area (Å²) in [5, 5.41) is 0. The molecule has 3 aliphatic rings. The largest absolute Gasteiger partial charge is 0.369 e. The Morgan fingerprint density at radius 2 is 1.78 bits per heavy atom. The third kappa shape index (κ3) is 3.77. The molecule has 9 heteroatoms. The minimum Gasteiger partial charge on any atom is -0.369 e. The number of likely N-dealkylation sites (tertiary alicyclic amines) is 1. The minimum absolute atomic E-state index is 0.0572. The van der Waals surface area contributed by atoms with Crippen molar-refractivity contribution in [3.05, 3.63) is 16.4 Å². The zero-order valence-electron chi connectivity index (χ0n) is 15.4. The zero-order valence-corrected chi connectivity index (χ0v) is 15.4. The number of piperazine rings is 1. The summed E-state index contributed by atoms with van der Waals surface area (Å²) in [6.07, 6.45) is 4.64. The predicted molar refractivity (Wildman–Crippen MR) is 100 cm³/mol. The molecule has 1 aliphatic carbocycles. The second-order valence-electron chi connectivity index (χ2n) is 7.62. The number of H-pyrrole nitrogens is 1. The van der Waals surface area contributed by atoms with E-state index in [0.717, 1.165) is 32.1 Å². The molecule has 0 unspecified atom stereocenters. The first-order valence-corrected chi connectivity index (χ1v) is 9.74. The number of nitrogens with zero attached hydrogens (tertiary/aromatic N) is 4. The summed E-state index contributed by atoms with van der Waals surface area (Å²) >= 11 is 0. The van der Waals surface area contributed by atoms with Gasteiger partial charge in [0.25, 0.3) is 5.56 Å². The van der Waals surface area contributed by atoms with E-state index in [4.69, 9.17) is 5.73 Å². The van der Waals surface area contributed by atoms with Gasteiger partial charge in [0.05, 0.1) is 0 Å². The van der Waals surface area contributed by atoms with Gasteiger partial charge >= 0.3 is 0 Å². The van der Waals surface area contributed by atoms with Crippen molar-refractivity contribution in [1.82, 2.24) is 19.8 Å². The first-order valence-electron chi connectivity index (χ1n) is 9.74. The molecular formula is C18H26N6O3. The quantitative estimate of drug-likeness (QED) is 0.756. The number of carbonyl (C=O) groups is 2. The van der Waals surface area contributed by atoms with Gasteiger partial charge in [0, 0.05) is 44.7 Å². The number of amides is 2. The minimum atomic E-state index is -0.313. The molecule has 0 bridgehead atoms. The molecule has 27 heavy (non-hydrogen) atoms. The van der Waals surface area contributed by atoms with Crippen LogP contribution in [0.3, 0.4) is 0 Å². The van der Waals surface area contributed by atoms with Crippen molar-refractivity contribution in [1.29, 1.82) is 0 Å². The maximum absolute atomic E-state index is 13.1. The van der Waals surface area contributed by atoms with E-state index < -0.39 is 0 Å². The molecule has 1 atom stereocenters. The van der Waals surface area contributed by atoms with E-state index in [1.165, 1.54) is 6.07 Å². The van der Waals surface area contributed by atoms with E-state index in [2.05, 4.69) is 9.97 Å². The second kappa shape index (κ2) is 7.21. The van der Waals surface area contributed by atoms with Crippen molar-refractivity contribution in [3.63, 3.8) is 0 Å². The third-order valence-corrected chi connectivity index (χ3v) is 5.66. The lowest BCUT2D eigenvalue weighted by Gasteiger charge is -2.41. The van der Waals surface area contributed by atoms with Gasteiger partial charge in [-0.3, -0.25) is 19.4 Å². The van der Waals surface area contributed by atoms with Crippen LogP contribution in [0.15, 0.2) is 10.9 Å². The lowest BCUT2D eigenvalue weighted by molar-refractivity contribution is -0.148. The lowest BCUT2D eigenvalue weighted by Crippen LogP contribution is -2.57. The number of hydrogen-bond donors (Lipinski definition) is 2. The Hall–Kier alpha value is -2.58. The second-order valence-corrected chi connectivity index (χ2v) is 7.62. The molecule has 2 saturated heterocycles. The van der Waals surface area contributed by atoms with Crippen LogP contribution in [0.1, 0.15) is 32.1 Å². The Labute approximate surface area is 157 Å².